The van der Waals surface area contributed by atoms with Gasteiger partial charge in [-0.05, 0) is 51.7 Å². The number of benzene rings is 1. The Balaban J connectivity index is 1.67. The molecule has 2 fully saturated rings. The highest BCUT2D eigenvalue weighted by Gasteiger charge is 2.76. The minimum absolute atomic E-state index is 0.137. The summed E-state index contributed by atoms with van der Waals surface area (Å²) in [7, 11) is 0. The molecular formula is C35H46BrN3O7. The Bertz CT molecular complexity index is 1410. The molecule has 3 amide bonds. The third-order valence-electron chi connectivity index (χ3n) is 10.00. The molecule has 4 heterocycles. The van der Waals surface area contributed by atoms with Crippen LogP contribution >= 0.6 is 15.9 Å². The summed E-state index contributed by atoms with van der Waals surface area (Å²) in [6.45, 7) is 11.4. The Morgan fingerprint density at radius 3 is 2.41 bits per heavy atom. The number of nitrogens with zero attached hydrogens (tertiary/aromatic N) is 2. The summed E-state index contributed by atoms with van der Waals surface area (Å²) in [5, 5.41) is 13.7. The van der Waals surface area contributed by atoms with Crippen LogP contribution in [0.15, 0.2) is 53.0 Å². The second-order valence-corrected chi connectivity index (χ2v) is 14.9. The van der Waals surface area contributed by atoms with Crippen molar-refractivity contribution >= 4 is 39.6 Å². The SMILES string of the molecule is CC[C@H](C)[C@H](CO)N1C(=O)[C@H]2[C@@H]3C(=O)O[C@H](c4ccccc4)[C@@H](C)NC(=O)CC/C=C\CN(C(C)(C)C)C(=O)[C@H]1[C@@]21C=C(Br)[C@@H]3O1. The van der Waals surface area contributed by atoms with Crippen LogP contribution in [-0.4, -0.2) is 87.1 Å². The summed E-state index contributed by atoms with van der Waals surface area (Å²) >= 11 is 3.60. The number of hydrogen-bond donors (Lipinski definition) is 2. The van der Waals surface area contributed by atoms with Gasteiger partial charge in [-0.25, -0.2) is 0 Å². The predicted molar refractivity (Wildman–Crippen MR) is 175 cm³/mol. The van der Waals surface area contributed by atoms with Gasteiger partial charge < -0.3 is 29.7 Å². The number of rotatable bonds is 5. The fraction of sp³-hybridized carbons (Fsp3) is 0.600. The first-order valence-electron chi connectivity index (χ1n) is 16.3. The number of likely N-dealkylation sites (tertiary alicyclic amines) is 1. The summed E-state index contributed by atoms with van der Waals surface area (Å²) < 4.78 is 13.4. The standard InChI is InChI=1S/C35H46BrN3O7/c1-7-20(2)24(19-40)39-30-32(43)38(34(4,5)6)17-13-9-12-16-25(41)37-21(3)28(22-14-10-8-11-15-22)45-33(44)26-27(31(39)42)35(30)18-23(36)29(26)46-35/h8-11,13-15,18,20-21,24,26-30,40H,7,12,16-17,19H2,1-6H3,(H,37,41)/b13-9-/t20-,21+,24-,26-,27+,28-,29-,30-,35+/m0/s1. The zero-order valence-electron chi connectivity index (χ0n) is 27.4. The number of carbonyl (C=O) groups excluding carboxylic acids is 4. The van der Waals surface area contributed by atoms with Crippen molar-refractivity contribution in [2.45, 2.75) is 102 Å². The Labute approximate surface area is 279 Å². The van der Waals surface area contributed by atoms with E-state index in [9.17, 15) is 24.3 Å². The molecule has 250 valence electrons. The van der Waals surface area contributed by atoms with Crippen molar-refractivity contribution in [1.82, 2.24) is 15.1 Å². The monoisotopic (exact) mass is 699 g/mol. The highest BCUT2D eigenvalue weighted by molar-refractivity contribution is 9.11. The maximum Gasteiger partial charge on any atom is 0.313 e. The van der Waals surface area contributed by atoms with Gasteiger partial charge in [-0.15, -0.1) is 0 Å². The van der Waals surface area contributed by atoms with Gasteiger partial charge in [0, 0.05) is 23.0 Å². The van der Waals surface area contributed by atoms with E-state index in [0.717, 1.165) is 0 Å². The van der Waals surface area contributed by atoms with Crippen molar-refractivity contribution in [2.75, 3.05) is 13.2 Å². The van der Waals surface area contributed by atoms with Crippen LogP contribution in [0.1, 0.15) is 72.5 Å². The molecular weight excluding hydrogens is 654 g/mol. The molecule has 0 unspecified atom stereocenters. The molecule has 10 nitrogen and oxygen atoms in total. The molecule has 1 aromatic carbocycles. The normalized spacial score (nSPS) is 34.1. The van der Waals surface area contributed by atoms with E-state index >= 15 is 0 Å². The van der Waals surface area contributed by atoms with Gasteiger partial charge >= 0.3 is 5.97 Å². The molecule has 46 heavy (non-hydrogen) atoms. The van der Waals surface area contributed by atoms with Crippen LogP contribution in [0.5, 0.6) is 0 Å². The highest BCUT2D eigenvalue weighted by Crippen LogP contribution is 2.59. The molecule has 2 N–H and O–H groups in total. The van der Waals surface area contributed by atoms with Gasteiger partial charge in [0.15, 0.2) is 0 Å². The van der Waals surface area contributed by atoms with E-state index < -0.39 is 65.2 Å². The largest absolute Gasteiger partial charge is 0.455 e. The number of ether oxygens (including phenoxy) is 2. The fourth-order valence-corrected chi connectivity index (χ4v) is 8.17. The lowest BCUT2D eigenvalue weighted by Gasteiger charge is -2.43. The molecule has 0 radical (unpaired) electrons. The van der Waals surface area contributed by atoms with Crippen molar-refractivity contribution in [2.24, 2.45) is 17.8 Å². The van der Waals surface area contributed by atoms with Crippen LogP contribution in [0.3, 0.4) is 0 Å². The third kappa shape index (κ3) is 5.94. The maximum absolute atomic E-state index is 14.9. The molecule has 0 saturated carbocycles. The number of esters is 1. The van der Waals surface area contributed by atoms with Crippen LogP contribution in [0.25, 0.3) is 0 Å². The summed E-state index contributed by atoms with van der Waals surface area (Å²) in [5.41, 5.74) is -1.41. The average molecular weight is 701 g/mol. The first-order chi connectivity index (χ1) is 21.8. The fourth-order valence-electron chi connectivity index (χ4n) is 7.44. The van der Waals surface area contributed by atoms with Gasteiger partial charge in [-0.3, -0.25) is 19.2 Å². The molecule has 9 atom stereocenters. The highest BCUT2D eigenvalue weighted by atomic mass is 79.9. The van der Waals surface area contributed by atoms with E-state index in [0.29, 0.717) is 22.9 Å². The molecule has 0 aromatic heterocycles. The van der Waals surface area contributed by atoms with E-state index in [4.69, 9.17) is 9.47 Å². The molecule has 4 aliphatic rings. The van der Waals surface area contributed by atoms with Crippen LogP contribution in [0.4, 0.5) is 0 Å². The van der Waals surface area contributed by atoms with Crippen molar-refractivity contribution in [1.29, 1.82) is 0 Å². The van der Waals surface area contributed by atoms with E-state index in [-0.39, 0.29) is 37.3 Å². The van der Waals surface area contributed by atoms with Crippen molar-refractivity contribution in [3.63, 3.8) is 0 Å². The quantitative estimate of drug-likeness (QED) is 0.351. The molecule has 4 aliphatic heterocycles. The Hall–Kier alpha value is -3.02. The number of allylic oxidation sites excluding steroid dienone is 1. The molecule has 0 aliphatic carbocycles. The van der Waals surface area contributed by atoms with Gasteiger partial charge in [0.2, 0.25) is 17.7 Å². The summed E-state index contributed by atoms with van der Waals surface area (Å²) in [6, 6.07) is 6.81. The van der Waals surface area contributed by atoms with Crippen LogP contribution < -0.4 is 5.32 Å². The average Bonchev–Trinajstić information content (AvgIpc) is 3.60. The lowest BCUT2D eigenvalue weighted by Crippen LogP contribution is -2.62. The van der Waals surface area contributed by atoms with E-state index in [1.54, 1.807) is 17.9 Å². The van der Waals surface area contributed by atoms with Gasteiger partial charge in [-0.2, -0.15) is 0 Å². The molecule has 5 rings (SSSR count). The lowest BCUT2D eigenvalue weighted by atomic mass is 9.74. The second kappa shape index (κ2) is 13.2. The minimum Gasteiger partial charge on any atom is -0.455 e. The van der Waals surface area contributed by atoms with Gasteiger partial charge in [-0.1, -0.05) is 78.7 Å². The van der Waals surface area contributed by atoms with Gasteiger partial charge in [0.05, 0.1) is 24.6 Å². The molecule has 5 bridgehead atoms. The Morgan fingerprint density at radius 1 is 1.09 bits per heavy atom. The Morgan fingerprint density at radius 2 is 1.78 bits per heavy atom. The number of hydrogen-bond acceptors (Lipinski definition) is 7. The number of cyclic esters (lactones) is 1. The second-order valence-electron chi connectivity index (χ2n) is 14.0. The van der Waals surface area contributed by atoms with Crippen LogP contribution in [0.2, 0.25) is 0 Å². The van der Waals surface area contributed by atoms with E-state index in [1.807, 2.05) is 77.1 Å². The van der Waals surface area contributed by atoms with Gasteiger partial charge in [0.25, 0.3) is 0 Å². The topological polar surface area (TPSA) is 125 Å². The maximum atomic E-state index is 14.9. The third-order valence-corrected chi connectivity index (χ3v) is 10.7. The number of halogens is 1. The summed E-state index contributed by atoms with van der Waals surface area (Å²) in [4.78, 5) is 60.1. The minimum atomic E-state index is -1.45. The summed E-state index contributed by atoms with van der Waals surface area (Å²) in [5.74, 6) is -3.84. The van der Waals surface area contributed by atoms with E-state index in [1.165, 1.54) is 4.90 Å². The molecule has 1 aromatic rings. The zero-order valence-corrected chi connectivity index (χ0v) is 29.0. The zero-order chi connectivity index (χ0) is 33.6. The molecule has 2 saturated heterocycles. The molecule has 1 spiro atoms. The summed E-state index contributed by atoms with van der Waals surface area (Å²) in [6.07, 6.45) is 5.18. The number of aliphatic hydroxyl groups is 1. The lowest BCUT2D eigenvalue weighted by molar-refractivity contribution is -0.162. The van der Waals surface area contributed by atoms with Gasteiger partial charge in [0.1, 0.15) is 29.8 Å². The predicted octanol–water partition coefficient (Wildman–Crippen LogP) is 4.03. The Kier molecular flexibility index (Phi) is 9.88. The van der Waals surface area contributed by atoms with Crippen molar-refractivity contribution in [3.05, 3.63) is 58.6 Å². The van der Waals surface area contributed by atoms with Crippen LogP contribution in [0, 0.1) is 17.8 Å². The van der Waals surface area contributed by atoms with Crippen LogP contribution in [-0.2, 0) is 28.7 Å². The first kappa shape index (κ1) is 34.3. The first-order valence-corrected chi connectivity index (χ1v) is 17.1. The smallest absolute Gasteiger partial charge is 0.313 e. The number of aliphatic hydroxyl groups excluding tert-OH is 1. The number of carbonyl (C=O) groups is 4. The van der Waals surface area contributed by atoms with Crippen molar-refractivity contribution in [3.8, 4) is 0 Å². The molecule has 11 heteroatoms. The number of fused-ring (bicyclic) bond motifs is 2. The van der Waals surface area contributed by atoms with E-state index in [2.05, 4.69) is 21.2 Å². The number of nitrogens with one attached hydrogen (secondary N) is 1. The van der Waals surface area contributed by atoms with Crippen molar-refractivity contribution < 1.29 is 33.8 Å². The number of amides is 3.